The molecule has 0 fully saturated rings. The Hall–Kier alpha value is -1.30. The fourth-order valence-electron chi connectivity index (χ4n) is 2.41. The molecule has 0 heterocycles. The largest absolute Gasteiger partial charge is 0.496 e. The Morgan fingerprint density at radius 3 is 2.32 bits per heavy atom. The number of methoxy groups -OCH3 is 2. The van der Waals surface area contributed by atoms with Crippen molar-refractivity contribution in [1.82, 2.24) is 4.90 Å². The highest BCUT2D eigenvalue weighted by atomic mass is 16.5. The van der Waals surface area contributed by atoms with Crippen LogP contribution in [0.1, 0.15) is 17.2 Å². The molecule has 1 aromatic rings. The molecule has 5 nitrogen and oxygen atoms in total. The second kappa shape index (κ2) is 6.75. The first-order valence-electron chi connectivity index (χ1n) is 6.22. The fourth-order valence-corrected chi connectivity index (χ4v) is 2.41. The number of nitrogens with two attached hydrogens (primary N) is 1. The zero-order valence-electron chi connectivity index (χ0n) is 12.3. The lowest BCUT2D eigenvalue weighted by Gasteiger charge is -2.31. The molecule has 0 bridgehead atoms. The van der Waals surface area contributed by atoms with Gasteiger partial charge >= 0.3 is 0 Å². The zero-order valence-corrected chi connectivity index (χ0v) is 12.3. The highest BCUT2D eigenvalue weighted by molar-refractivity contribution is 5.50. The highest BCUT2D eigenvalue weighted by Gasteiger charge is 2.26. The van der Waals surface area contributed by atoms with Crippen LogP contribution in [0.3, 0.4) is 0 Å². The normalized spacial score (nSPS) is 14.3. The van der Waals surface area contributed by atoms with E-state index in [1.54, 1.807) is 14.2 Å². The van der Waals surface area contributed by atoms with Gasteiger partial charge in [0.1, 0.15) is 11.5 Å². The van der Waals surface area contributed by atoms with Crippen LogP contribution in [0.15, 0.2) is 12.1 Å². The van der Waals surface area contributed by atoms with E-state index >= 15 is 0 Å². The summed E-state index contributed by atoms with van der Waals surface area (Å²) in [6, 6.07) is 3.33. The third-order valence-corrected chi connectivity index (χ3v) is 3.30. The highest BCUT2D eigenvalue weighted by Crippen LogP contribution is 2.37. The molecule has 0 saturated carbocycles. The molecule has 0 radical (unpaired) electrons. The first-order valence-corrected chi connectivity index (χ1v) is 6.22. The lowest BCUT2D eigenvalue weighted by molar-refractivity contribution is 0.178. The third kappa shape index (κ3) is 3.18. The van der Waals surface area contributed by atoms with Crippen LogP contribution in [-0.2, 0) is 0 Å². The van der Waals surface area contributed by atoms with Crippen molar-refractivity contribution in [3.63, 3.8) is 0 Å². The Kier molecular flexibility index (Phi) is 5.60. The van der Waals surface area contributed by atoms with Gasteiger partial charge in [-0.05, 0) is 33.2 Å². The van der Waals surface area contributed by atoms with Crippen LogP contribution in [-0.4, -0.2) is 51.0 Å². The molecule has 19 heavy (non-hydrogen) atoms. The van der Waals surface area contributed by atoms with Crippen molar-refractivity contribution < 1.29 is 14.6 Å². The van der Waals surface area contributed by atoms with E-state index in [-0.39, 0.29) is 18.7 Å². The van der Waals surface area contributed by atoms with Gasteiger partial charge in [-0.1, -0.05) is 0 Å². The standard InChI is InChI=1S/C14H24N2O3/c1-9-12(18-4)7-6-10(14(9)19-5)13(16(2)3)11(15)8-17/h6-7,11,13,17H,8,15H2,1-5H3. The fraction of sp³-hybridized carbons (Fsp3) is 0.571. The summed E-state index contributed by atoms with van der Waals surface area (Å²) in [5, 5.41) is 9.33. The minimum atomic E-state index is -0.378. The van der Waals surface area contributed by atoms with Crippen molar-refractivity contribution in [3.8, 4) is 11.5 Å². The van der Waals surface area contributed by atoms with E-state index in [0.29, 0.717) is 0 Å². The van der Waals surface area contributed by atoms with E-state index < -0.39 is 0 Å². The summed E-state index contributed by atoms with van der Waals surface area (Å²) < 4.78 is 10.8. The quantitative estimate of drug-likeness (QED) is 0.803. The van der Waals surface area contributed by atoms with Crippen LogP contribution in [0.4, 0.5) is 0 Å². The van der Waals surface area contributed by atoms with Crippen molar-refractivity contribution >= 4 is 0 Å². The monoisotopic (exact) mass is 268 g/mol. The molecule has 0 aliphatic heterocycles. The number of hydrogen-bond acceptors (Lipinski definition) is 5. The maximum Gasteiger partial charge on any atom is 0.130 e. The molecule has 1 aromatic carbocycles. The number of ether oxygens (including phenoxy) is 2. The molecular formula is C14H24N2O3. The van der Waals surface area contributed by atoms with E-state index in [4.69, 9.17) is 15.2 Å². The van der Waals surface area contributed by atoms with Crippen LogP contribution in [0.2, 0.25) is 0 Å². The number of aliphatic hydroxyl groups excluding tert-OH is 1. The summed E-state index contributed by atoms with van der Waals surface area (Å²) in [4.78, 5) is 1.98. The van der Waals surface area contributed by atoms with Gasteiger partial charge in [0.2, 0.25) is 0 Å². The van der Waals surface area contributed by atoms with Crippen LogP contribution in [0.25, 0.3) is 0 Å². The number of aliphatic hydroxyl groups is 1. The van der Waals surface area contributed by atoms with Crippen LogP contribution >= 0.6 is 0 Å². The van der Waals surface area contributed by atoms with Gasteiger partial charge in [-0.25, -0.2) is 0 Å². The predicted octanol–water partition coefficient (Wildman–Crippen LogP) is 0.935. The summed E-state index contributed by atoms with van der Waals surface area (Å²) in [6.45, 7) is 1.86. The number of likely N-dealkylation sites (N-methyl/N-ethyl adjacent to an activating group) is 1. The summed E-state index contributed by atoms with van der Waals surface area (Å²) in [6.07, 6.45) is 0. The van der Waals surface area contributed by atoms with Gasteiger partial charge in [0.15, 0.2) is 0 Å². The van der Waals surface area contributed by atoms with Crippen molar-refractivity contribution in [2.45, 2.75) is 19.0 Å². The molecule has 0 aliphatic rings. The van der Waals surface area contributed by atoms with Gasteiger partial charge in [0.05, 0.1) is 26.9 Å². The summed E-state index contributed by atoms with van der Waals surface area (Å²) in [5.41, 5.74) is 7.90. The van der Waals surface area contributed by atoms with Gasteiger partial charge in [-0.15, -0.1) is 0 Å². The first-order chi connectivity index (χ1) is 8.97. The van der Waals surface area contributed by atoms with E-state index in [1.165, 1.54) is 0 Å². The van der Waals surface area contributed by atoms with Crippen LogP contribution in [0.5, 0.6) is 11.5 Å². The Balaban J connectivity index is 3.35. The molecular weight excluding hydrogens is 244 g/mol. The van der Waals surface area contributed by atoms with Crippen LogP contribution in [0, 0.1) is 6.92 Å². The number of nitrogens with zero attached hydrogens (tertiary/aromatic N) is 1. The van der Waals surface area contributed by atoms with Crippen molar-refractivity contribution in [2.75, 3.05) is 34.9 Å². The van der Waals surface area contributed by atoms with Crippen LogP contribution < -0.4 is 15.2 Å². The topological polar surface area (TPSA) is 68.0 Å². The van der Waals surface area contributed by atoms with Gasteiger partial charge in [0.25, 0.3) is 0 Å². The molecule has 1 rings (SSSR count). The maximum absolute atomic E-state index is 9.33. The Morgan fingerprint density at radius 1 is 1.26 bits per heavy atom. The lowest BCUT2D eigenvalue weighted by Crippen LogP contribution is -2.40. The molecule has 0 aromatic heterocycles. The SMILES string of the molecule is COc1ccc(C(C(N)CO)N(C)C)c(OC)c1C. The van der Waals surface area contributed by atoms with E-state index in [2.05, 4.69) is 0 Å². The molecule has 108 valence electrons. The van der Waals surface area contributed by atoms with E-state index in [1.807, 2.05) is 38.1 Å². The molecule has 0 spiro atoms. The molecule has 2 unspecified atom stereocenters. The Bertz CT molecular complexity index is 421. The zero-order chi connectivity index (χ0) is 14.6. The average Bonchev–Trinajstić information content (AvgIpc) is 2.38. The average molecular weight is 268 g/mol. The molecule has 0 amide bonds. The maximum atomic E-state index is 9.33. The molecule has 0 saturated heterocycles. The van der Waals surface area contributed by atoms with Gasteiger partial charge < -0.3 is 25.2 Å². The number of rotatable bonds is 6. The van der Waals surface area contributed by atoms with Gasteiger partial charge in [-0.2, -0.15) is 0 Å². The second-order valence-electron chi connectivity index (χ2n) is 4.77. The van der Waals surface area contributed by atoms with Crippen molar-refractivity contribution in [2.24, 2.45) is 5.73 Å². The minimum Gasteiger partial charge on any atom is -0.496 e. The predicted molar refractivity (Wildman–Crippen MR) is 75.8 cm³/mol. The van der Waals surface area contributed by atoms with Crippen molar-refractivity contribution in [3.05, 3.63) is 23.3 Å². The summed E-state index contributed by atoms with van der Waals surface area (Å²) in [5.74, 6) is 1.53. The first kappa shape index (κ1) is 15.8. The van der Waals surface area contributed by atoms with Gasteiger partial charge in [-0.3, -0.25) is 0 Å². The Labute approximate surface area is 114 Å². The summed E-state index contributed by atoms with van der Waals surface area (Å²) in [7, 11) is 7.12. The van der Waals surface area contributed by atoms with Gasteiger partial charge in [0, 0.05) is 17.2 Å². The second-order valence-corrected chi connectivity index (χ2v) is 4.77. The number of benzene rings is 1. The smallest absolute Gasteiger partial charge is 0.130 e. The number of hydrogen-bond donors (Lipinski definition) is 2. The lowest BCUT2D eigenvalue weighted by atomic mass is 9.96. The van der Waals surface area contributed by atoms with E-state index in [9.17, 15) is 5.11 Å². The Morgan fingerprint density at radius 2 is 1.89 bits per heavy atom. The van der Waals surface area contributed by atoms with E-state index in [0.717, 1.165) is 22.6 Å². The van der Waals surface area contributed by atoms with Crippen molar-refractivity contribution in [1.29, 1.82) is 0 Å². The third-order valence-electron chi connectivity index (χ3n) is 3.30. The minimum absolute atomic E-state index is 0.0862. The molecule has 3 N–H and O–H groups in total. The molecule has 0 aliphatic carbocycles. The molecule has 5 heteroatoms. The summed E-state index contributed by atoms with van der Waals surface area (Å²) >= 11 is 0. The molecule has 2 atom stereocenters.